The molecule has 0 saturated heterocycles. The summed E-state index contributed by atoms with van der Waals surface area (Å²) in [7, 11) is -4.30. The molecule has 2 aliphatic rings. The second-order valence-corrected chi connectivity index (χ2v) is 16.3. The van der Waals surface area contributed by atoms with Crippen LogP contribution in [0.25, 0.3) is 16.5 Å². The minimum atomic E-state index is -4.30. The minimum absolute atomic E-state index is 0.0289. The zero-order valence-electron chi connectivity index (χ0n) is 31.9. The molecule has 5 aromatic carbocycles. The summed E-state index contributed by atoms with van der Waals surface area (Å²) in [6.07, 6.45) is 2.15. The van der Waals surface area contributed by atoms with Gasteiger partial charge in [0.15, 0.2) is 17.2 Å². The topological polar surface area (TPSA) is 140 Å². The van der Waals surface area contributed by atoms with E-state index in [-0.39, 0.29) is 32.4 Å². The average Bonchev–Trinajstić information content (AvgIpc) is 3.55. The number of nitrogens with zero attached hydrogens (tertiary/aromatic N) is 4. The van der Waals surface area contributed by atoms with Crippen LogP contribution in [0.4, 0.5) is 5.69 Å². The number of hydrogen-bond donors (Lipinski definition) is 1. The van der Waals surface area contributed by atoms with Gasteiger partial charge in [-0.3, -0.25) is 14.4 Å². The zero-order chi connectivity index (χ0) is 40.6. The van der Waals surface area contributed by atoms with Gasteiger partial charge in [0.1, 0.15) is 13.2 Å². The van der Waals surface area contributed by atoms with Crippen molar-refractivity contribution in [1.82, 2.24) is 19.4 Å². The van der Waals surface area contributed by atoms with Gasteiger partial charge in [-0.15, -0.1) is 0 Å². The molecule has 1 N–H and O–H groups in total. The highest BCUT2D eigenvalue weighted by Crippen LogP contribution is 2.36. The molecule has 6 aromatic rings. The van der Waals surface area contributed by atoms with E-state index in [0.717, 1.165) is 22.9 Å². The second-order valence-electron chi connectivity index (χ2n) is 14.2. The maximum absolute atomic E-state index is 14.6. The molecule has 0 radical (unpaired) electrons. The average molecular weight is 818 g/mol. The van der Waals surface area contributed by atoms with Crippen LogP contribution in [0, 0.1) is 6.92 Å². The summed E-state index contributed by atoms with van der Waals surface area (Å²) >= 11 is 6.92. The lowest BCUT2D eigenvalue weighted by atomic mass is 9.98. The first-order valence-corrected chi connectivity index (χ1v) is 20.9. The molecule has 0 aliphatic carbocycles. The van der Waals surface area contributed by atoms with Gasteiger partial charge in [0.2, 0.25) is 0 Å². The smallest absolute Gasteiger partial charge is 0.280 e. The van der Waals surface area contributed by atoms with E-state index < -0.39 is 27.7 Å². The van der Waals surface area contributed by atoms with E-state index in [1.807, 2.05) is 43.3 Å². The van der Waals surface area contributed by atoms with Crippen molar-refractivity contribution in [2.24, 2.45) is 0 Å². The molecule has 0 saturated carbocycles. The summed E-state index contributed by atoms with van der Waals surface area (Å²) < 4.78 is 42.1. The van der Waals surface area contributed by atoms with Crippen molar-refractivity contribution < 1.29 is 32.3 Å². The number of anilines is 1. The largest absolute Gasteiger partial charge is 0.486 e. The summed E-state index contributed by atoms with van der Waals surface area (Å²) in [5, 5.41) is 6.36. The van der Waals surface area contributed by atoms with Crippen LogP contribution in [0.5, 0.6) is 11.5 Å². The van der Waals surface area contributed by atoms with Gasteiger partial charge in [-0.05, 0) is 84.1 Å². The maximum atomic E-state index is 14.6. The van der Waals surface area contributed by atoms with E-state index in [0.29, 0.717) is 74.0 Å². The number of amides is 3. The third kappa shape index (κ3) is 7.50. The zero-order valence-corrected chi connectivity index (χ0v) is 33.5. The predicted molar refractivity (Wildman–Crippen MR) is 221 cm³/mol. The number of aromatic nitrogens is 2. The molecule has 3 amide bonds. The monoisotopic (exact) mass is 817 g/mol. The fraction of sp³-hybridized carbons (Fsp3) is 0.227. The molecule has 14 heteroatoms. The van der Waals surface area contributed by atoms with E-state index in [9.17, 15) is 22.8 Å². The van der Waals surface area contributed by atoms with Crippen LogP contribution < -0.4 is 19.1 Å². The number of carbonyl (C=O) groups excluding carboxylic acids is 3. The standard InChI is InChI=1S/C44H40ClN5O7S/c1-3-4-20-49(34-15-18-38-39(26-34)57-23-22-56-38)44(53)41-40(45)28(2)50(46-41)37-17-14-32(25-36(37)43(52)48-21-19-30-10-6-8-12-33(30)27-48)42(51)47-58(54,55)35-16-13-29-9-5-7-11-31(29)24-35/h5-18,24-26H,3-4,19-23,27H2,1-2H3,(H,47,51). The van der Waals surface area contributed by atoms with Crippen molar-refractivity contribution in [3.8, 4) is 17.2 Å². The molecule has 0 fully saturated rings. The number of benzene rings is 5. The predicted octanol–water partition coefficient (Wildman–Crippen LogP) is 7.52. The Morgan fingerprint density at radius 2 is 1.60 bits per heavy atom. The first-order chi connectivity index (χ1) is 28.0. The number of nitrogens with one attached hydrogen (secondary N) is 1. The van der Waals surface area contributed by atoms with Crippen molar-refractivity contribution in [1.29, 1.82) is 0 Å². The molecule has 0 unspecified atom stereocenters. The van der Waals surface area contributed by atoms with E-state index in [1.54, 1.807) is 53.1 Å². The highest BCUT2D eigenvalue weighted by molar-refractivity contribution is 7.90. The van der Waals surface area contributed by atoms with Crippen molar-refractivity contribution in [3.05, 3.63) is 142 Å². The Morgan fingerprint density at radius 3 is 2.40 bits per heavy atom. The first-order valence-electron chi connectivity index (χ1n) is 19.1. The Labute approximate surface area is 341 Å². The third-order valence-electron chi connectivity index (χ3n) is 10.5. The fourth-order valence-electron chi connectivity index (χ4n) is 7.29. The van der Waals surface area contributed by atoms with E-state index >= 15 is 0 Å². The maximum Gasteiger partial charge on any atom is 0.280 e. The van der Waals surface area contributed by atoms with Crippen LogP contribution in [0.15, 0.2) is 108 Å². The lowest BCUT2D eigenvalue weighted by Gasteiger charge is -2.29. The van der Waals surface area contributed by atoms with Gasteiger partial charge in [-0.2, -0.15) is 5.10 Å². The van der Waals surface area contributed by atoms with E-state index in [4.69, 9.17) is 26.2 Å². The third-order valence-corrected chi connectivity index (χ3v) is 12.2. The van der Waals surface area contributed by atoms with Crippen LogP contribution in [0.3, 0.4) is 0 Å². The number of halogens is 1. The van der Waals surface area contributed by atoms with Crippen molar-refractivity contribution in [2.75, 3.05) is 31.2 Å². The summed E-state index contributed by atoms with van der Waals surface area (Å²) in [4.78, 5) is 45.9. The van der Waals surface area contributed by atoms with Gasteiger partial charge in [-0.25, -0.2) is 17.8 Å². The summed E-state index contributed by atoms with van der Waals surface area (Å²) in [6.45, 7) is 5.65. The molecule has 296 valence electrons. The number of ether oxygens (including phenoxy) is 2. The first kappa shape index (κ1) is 38.7. The summed E-state index contributed by atoms with van der Waals surface area (Å²) in [5.74, 6) is -0.657. The molecule has 0 spiro atoms. The molecule has 1 aromatic heterocycles. The SMILES string of the molecule is CCCCN(C(=O)c1nn(-c2ccc(C(=O)NS(=O)(=O)c3ccc4ccccc4c3)cc2C(=O)N2CCc3ccccc3C2)c(C)c1Cl)c1ccc2c(c1)OCCO2. The Morgan fingerprint density at radius 1 is 0.862 bits per heavy atom. The van der Waals surface area contributed by atoms with Crippen molar-refractivity contribution >= 4 is 55.8 Å². The molecule has 0 atom stereocenters. The van der Waals surface area contributed by atoms with Gasteiger partial charge in [0.05, 0.1) is 26.9 Å². The lowest BCUT2D eigenvalue weighted by Crippen LogP contribution is -2.37. The molecule has 12 nitrogen and oxygen atoms in total. The molecular formula is C44H40ClN5O7S. The van der Waals surface area contributed by atoms with Crippen molar-refractivity contribution in [3.63, 3.8) is 0 Å². The molecule has 58 heavy (non-hydrogen) atoms. The molecular weight excluding hydrogens is 778 g/mol. The van der Waals surface area contributed by atoms with E-state index in [2.05, 4.69) is 4.72 Å². The van der Waals surface area contributed by atoms with Gasteiger partial charge in [0.25, 0.3) is 27.7 Å². The number of hydrogen-bond acceptors (Lipinski definition) is 8. The van der Waals surface area contributed by atoms with E-state index in [1.165, 1.54) is 35.0 Å². The molecule has 8 rings (SSSR count). The van der Waals surface area contributed by atoms with Gasteiger partial charge >= 0.3 is 0 Å². The number of carbonyl (C=O) groups is 3. The molecule has 3 heterocycles. The normalized spacial score (nSPS) is 13.5. The van der Waals surface area contributed by atoms with Crippen LogP contribution in [-0.2, 0) is 23.0 Å². The minimum Gasteiger partial charge on any atom is -0.486 e. The van der Waals surface area contributed by atoms with Gasteiger partial charge < -0.3 is 19.3 Å². The number of sulfonamides is 1. The Kier molecular flexibility index (Phi) is 10.7. The molecule has 0 bridgehead atoms. The Hall–Kier alpha value is -6.18. The second kappa shape index (κ2) is 16.0. The van der Waals surface area contributed by atoms with Crippen molar-refractivity contribution in [2.45, 2.75) is 44.6 Å². The van der Waals surface area contributed by atoms with Gasteiger partial charge in [0, 0.05) is 37.0 Å². The Balaban J connectivity index is 1.16. The Bertz CT molecular complexity index is 2710. The summed E-state index contributed by atoms with van der Waals surface area (Å²) in [6, 6.07) is 29.4. The van der Waals surface area contributed by atoms with Crippen LogP contribution in [-0.4, -0.2) is 67.1 Å². The lowest BCUT2D eigenvalue weighted by molar-refractivity contribution is 0.0734. The number of unbranched alkanes of at least 4 members (excludes halogenated alkanes) is 1. The number of rotatable bonds is 10. The van der Waals surface area contributed by atoms with Crippen LogP contribution in [0.1, 0.15) is 67.8 Å². The number of fused-ring (bicyclic) bond motifs is 3. The highest BCUT2D eigenvalue weighted by Gasteiger charge is 2.31. The highest BCUT2D eigenvalue weighted by atomic mass is 35.5. The fourth-order valence-corrected chi connectivity index (χ4v) is 8.50. The van der Waals surface area contributed by atoms with Gasteiger partial charge in [-0.1, -0.05) is 79.5 Å². The van der Waals surface area contributed by atoms with Crippen LogP contribution >= 0.6 is 11.6 Å². The summed E-state index contributed by atoms with van der Waals surface area (Å²) in [5.41, 5.74) is 3.35. The molecule has 2 aliphatic heterocycles. The van der Waals surface area contributed by atoms with Crippen LogP contribution in [0.2, 0.25) is 5.02 Å². The quantitative estimate of drug-likeness (QED) is 0.150.